The van der Waals surface area contributed by atoms with Crippen molar-refractivity contribution in [1.82, 2.24) is 20.8 Å². The molecule has 0 radical (unpaired) electrons. The van der Waals surface area contributed by atoms with Crippen LogP contribution in [0, 0.1) is 5.92 Å². The molecule has 1 heterocycles. The van der Waals surface area contributed by atoms with Crippen molar-refractivity contribution < 1.29 is 4.52 Å². The molecule has 0 spiro atoms. The Morgan fingerprint density at radius 2 is 2.08 bits per heavy atom. The number of aliphatic imine (C=N–C) groups is 1. The Hall–Kier alpha value is -1.35. The maximum atomic E-state index is 5.99. The normalized spacial score (nSPS) is 12.6. The molecular weight excluding hydrogens is 453 g/mol. The van der Waals surface area contributed by atoms with Crippen LogP contribution in [0.1, 0.15) is 33.6 Å². The highest BCUT2D eigenvalue weighted by atomic mass is 127. The third kappa shape index (κ3) is 6.81. The van der Waals surface area contributed by atoms with Crippen LogP contribution in [-0.2, 0) is 6.54 Å². The van der Waals surface area contributed by atoms with Gasteiger partial charge in [-0.3, -0.25) is 0 Å². The molecule has 1 aromatic carbocycles. The maximum absolute atomic E-state index is 5.99. The first-order valence-corrected chi connectivity index (χ1v) is 8.50. The summed E-state index contributed by atoms with van der Waals surface area (Å²) in [5.41, 5.74) is 0.819. The number of halogens is 2. The van der Waals surface area contributed by atoms with Gasteiger partial charge < -0.3 is 15.2 Å². The molecule has 2 N–H and O–H groups in total. The molecular formula is C17H25ClIN5O. The lowest BCUT2D eigenvalue weighted by Gasteiger charge is -2.20. The van der Waals surface area contributed by atoms with Crippen LogP contribution in [0.5, 0.6) is 0 Å². The first kappa shape index (κ1) is 21.7. The molecule has 138 valence electrons. The van der Waals surface area contributed by atoms with Gasteiger partial charge in [-0.25, -0.2) is 4.99 Å². The van der Waals surface area contributed by atoms with E-state index in [1.165, 1.54) is 0 Å². The molecule has 0 saturated carbocycles. The minimum atomic E-state index is 0. The summed E-state index contributed by atoms with van der Waals surface area (Å²) >= 11 is 5.99. The van der Waals surface area contributed by atoms with Crippen molar-refractivity contribution in [1.29, 1.82) is 0 Å². The number of aromatic nitrogens is 2. The highest BCUT2D eigenvalue weighted by molar-refractivity contribution is 14.0. The lowest BCUT2D eigenvalue weighted by atomic mass is 10.1. The number of guanidine groups is 1. The van der Waals surface area contributed by atoms with Crippen LogP contribution in [0.4, 0.5) is 0 Å². The zero-order valence-electron chi connectivity index (χ0n) is 14.9. The van der Waals surface area contributed by atoms with E-state index in [9.17, 15) is 0 Å². The Balaban J connectivity index is 0.00000312. The summed E-state index contributed by atoms with van der Waals surface area (Å²) in [7, 11) is 0. The zero-order chi connectivity index (χ0) is 17.5. The Labute approximate surface area is 170 Å². The van der Waals surface area contributed by atoms with E-state index in [4.69, 9.17) is 16.1 Å². The van der Waals surface area contributed by atoms with E-state index in [1.807, 2.05) is 19.1 Å². The number of nitrogens with zero attached hydrogens (tertiary/aromatic N) is 3. The smallest absolute Gasteiger partial charge is 0.248 e. The molecule has 0 aliphatic carbocycles. The number of rotatable bonds is 6. The van der Waals surface area contributed by atoms with E-state index >= 15 is 0 Å². The summed E-state index contributed by atoms with van der Waals surface area (Å²) in [6, 6.07) is 7.66. The van der Waals surface area contributed by atoms with Gasteiger partial charge in [0.2, 0.25) is 11.7 Å². The van der Waals surface area contributed by atoms with E-state index in [1.54, 1.807) is 12.1 Å². The Morgan fingerprint density at radius 3 is 2.72 bits per heavy atom. The van der Waals surface area contributed by atoms with Crippen LogP contribution in [0.25, 0.3) is 11.4 Å². The third-order valence-corrected chi connectivity index (χ3v) is 3.87. The Kier molecular flexibility index (Phi) is 9.20. The van der Waals surface area contributed by atoms with Crippen molar-refractivity contribution in [3.8, 4) is 11.4 Å². The van der Waals surface area contributed by atoms with Crippen molar-refractivity contribution in [3.63, 3.8) is 0 Å². The quantitative estimate of drug-likeness (QED) is 0.372. The molecule has 2 rings (SSSR count). The zero-order valence-corrected chi connectivity index (χ0v) is 18.0. The van der Waals surface area contributed by atoms with E-state index < -0.39 is 0 Å². The van der Waals surface area contributed by atoms with E-state index in [2.05, 4.69) is 46.5 Å². The van der Waals surface area contributed by atoms with Gasteiger partial charge in [-0.2, -0.15) is 4.98 Å². The summed E-state index contributed by atoms with van der Waals surface area (Å²) < 4.78 is 5.27. The van der Waals surface area contributed by atoms with Crippen molar-refractivity contribution >= 4 is 41.5 Å². The molecule has 2 aromatic rings. The van der Waals surface area contributed by atoms with Crippen molar-refractivity contribution in [3.05, 3.63) is 35.2 Å². The molecule has 1 atom stereocenters. The van der Waals surface area contributed by atoms with Gasteiger partial charge >= 0.3 is 0 Å². The van der Waals surface area contributed by atoms with Gasteiger partial charge in [0, 0.05) is 23.2 Å². The molecule has 8 heteroatoms. The summed E-state index contributed by atoms with van der Waals surface area (Å²) in [5.74, 6) is 2.21. The number of nitrogens with one attached hydrogen (secondary N) is 2. The van der Waals surface area contributed by atoms with Crippen LogP contribution in [-0.4, -0.2) is 28.7 Å². The molecule has 0 bridgehead atoms. The fraction of sp³-hybridized carbons (Fsp3) is 0.471. The lowest BCUT2D eigenvalue weighted by molar-refractivity contribution is 0.380. The highest BCUT2D eigenvalue weighted by Crippen LogP contribution is 2.20. The number of benzene rings is 1. The van der Waals surface area contributed by atoms with E-state index in [0.29, 0.717) is 35.2 Å². The average molecular weight is 478 g/mol. The van der Waals surface area contributed by atoms with Crippen molar-refractivity contribution in [2.75, 3.05) is 6.54 Å². The molecule has 1 aromatic heterocycles. The second-order valence-electron chi connectivity index (χ2n) is 5.89. The van der Waals surface area contributed by atoms with Crippen LogP contribution in [0.15, 0.2) is 33.8 Å². The molecule has 0 fully saturated rings. The monoisotopic (exact) mass is 477 g/mol. The minimum Gasteiger partial charge on any atom is -0.357 e. The van der Waals surface area contributed by atoms with Gasteiger partial charge in [0.25, 0.3) is 0 Å². The molecule has 0 aliphatic heterocycles. The van der Waals surface area contributed by atoms with Crippen LogP contribution < -0.4 is 10.6 Å². The van der Waals surface area contributed by atoms with Crippen LogP contribution >= 0.6 is 35.6 Å². The number of hydrogen-bond acceptors (Lipinski definition) is 4. The molecule has 25 heavy (non-hydrogen) atoms. The third-order valence-electron chi connectivity index (χ3n) is 3.63. The van der Waals surface area contributed by atoms with Gasteiger partial charge in [0.15, 0.2) is 5.96 Å². The second kappa shape index (κ2) is 10.6. The number of hydrogen-bond donors (Lipinski definition) is 2. The largest absolute Gasteiger partial charge is 0.357 e. The van der Waals surface area contributed by atoms with Crippen molar-refractivity contribution in [2.24, 2.45) is 10.9 Å². The molecule has 0 saturated heterocycles. The average Bonchev–Trinajstić information content (AvgIpc) is 3.01. The summed E-state index contributed by atoms with van der Waals surface area (Å²) in [6.07, 6.45) is 0. The molecule has 0 amide bonds. The fourth-order valence-corrected chi connectivity index (χ4v) is 2.10. The van der Waals surface area contributed by atoms with Gasteiger partial charge in [-0.05, 0) is 31.9 Å². The molecule has 1 unspecified atom stereocenters. The fourth-order valence-electron chi connectivity index (χ4n) is 1.91. The Morgan fingerprint density at radius 1 is 1.32 bits per heavy atom. The minimum absolute atomic E-state index is 0. The predicted molar refractivity (Wildman–Crippen MR) is 112 cm³/mol. The summed E-state index contributed by atoms with van der Waals surface area (Å²) in [6.45, 7) is 9.58. The van der Waals surface area contributed by atoms with Gasteiger partial charge in [0.05, 0.1) is 0 Å². The Bertz CT molecular complexity index is 689. The highest BCUT2D eigenvalue weighted by Gasteiger charge is 2.11. The first-order chi connectivity index (χ1) is 11.5. The lowest BCUT2D eigenvalue weighted by Crippen LogP contribution is -2.44. The summed E-state index contributed by atoms with van der Waals surface area (Å²) in [4.78, 5) is 8.87. The molecule has 0 aliphatic rings. The van der Waals surface area contributed by atoms with Gasteiger partial charge in [-0.15, -0.1) is 24.0 Å². The van der Waals surface area contributed by atoms with Crippen molar-refractivity contribution in [2.45, 2.75) is 40.3 Å². The van der Waals surface area contributed by atoms with Gasteiger partial charge in [0.1, 0.15) is 6.54 Å². The summed E-state index contributed by atoms with van der Waals surface area (Å²) in [5, 5.41) is 11.2. The predicted octanol–water partition coefficient (Wildman–Crippen LogP) is 4.11. The van der Waals surface area contributed by atoms with E-state index in [0.717, 1.165) is 18.1 Å². The van der Waals surface area contributed by atoms with Crippen LogP contribution in [0.3, 0.4) is 0 Å². The SMILES string of the molecule is CCNC(=NCc1nc(-c2cccc(Cl)c2)no1)NC(C)C(C)C.I. The van der Waals surface area contributed by atoms with Gasteiger partial charge in [-0.1, -0.05) is 42.7 Å². The maximum Gasteiger partial charge on any atom is 0.248 e. The topological polar surface area (TPSA) is 75.3 Å². The first-order valence-electron chi connectivity index (χ1n) is 8.13. The molecule has 6 nitrogen and oxygen atoms in total. The van der Waals surface area contributed by atoms with Crippen LogP contribution in [0.2, 0.25) is 5.02 Å². The van der Waals surface area contributed by atoms with E-state index in [-0.39, 0.29) is 24.0 Å². The standard InChI is InChI=1S/C17H24ClN5O.HI/c1-5-19-17(21-12(4)11(2)3)20-10-15-22-16(23-24-15)13-7-6-8-14(18)9-13;/h6-9,11-12H,5,10H2,1-4H3,(H2,19,20,21);1H. The second-order valence-corrected chi connectivity index (χ2v) is 6.33.